The SMILES string of the molecule is COc1cccc(CC2(CNC3CC3)CCCC2)c1F. The number of nitrogens with one attached hydrogen (secondary N) is 1. The summed E-state index contributed by atoms with van der Waals surface area (Å²) in [6.07, 6.45) is 8.42. The summed E-state index contributed by atoms with van der Waals surface area (Å²) in [4.78, 5) is 0. The highest BCUT2D eigenvalue weighted by Crippen LogP contribution is 2.42. The smallest absolute Gasteiger partial charge is 0.168 e. The Morgan fingerprint density at radius 1 is 1.30 bits per heavy atom. The van der Waals surface area contributed by atoms with Crippen LogP contribution in [0.15, 0.2) is 18.2 Å². The molecule has 0 heterocycles. The van der Waals surface area contributed by atoms with E-state index in [4.69, 9.17) is 4.74 Å². The van der Waals surface area contributed by atoms with Crippen LogP contribution in [0.25, 0.3) is 0 Å². The van der Waals surface area contributed by atoms with Crippen LogP contribution in [-0.4, -0.2) is 19.7 Å². The van der Waals surface area contributed by atoms with Crippen LogP contribution < -0.4 is 10.1 Å². The summed E-state index contributed by atoms with van der Waals surface area (Å²) in [6, 6.07) is 6.23. The second-order valence-electron chi connectivity index (χ2n) is 6.47. The Labute approximate surface area is 120 Å². The lowest BCUT2D eigenvalue weighted by atomic mass is 9.79. The highest BCUT2D eigenvalue weighted by molar-refractivity contribution is 5.32. The third-order valence-corrected chi connectivity index (χ3v) is 4.84. The molecular weight excluding hydrogens is 253 g/mol. The fraction of sp³-hybridized carbons (Fsp3) is 0.647. The van der Waals surface area contributed by atoms with Gasteiger partial charge in [0.2, 0.25) is 0 Å². The van der Waals surface area contributed by atoms with Crippen molar-refractivity contribution in [3.05, 3.63) is 29.6 Å². The Hall–Kier alpha value is -1.09. The standard InChI is InChI=1S/C17H24FNO/c1-20-15-6-4-5-13(16(15)18)11-17(9-2-3-10-17)12-19-14-7-8-14/h4-6,14,19H,2-3,7-12H2,1H3. The second kappa shape index (κ2) is 5.72. The minimum atomic E-state index is -0.173. The van der Waals surface area contributed by atoms with Crippen LogP contribution in [0.3, 0.4) is 0 Å². The molecule has 1 aromatic rings. The van der Waals surface area contributed by atoms with E-state index in [1.807, 2.05) is 12.1 Å². The molecule has 0 bridgehead atoms. The molecule has 0 aromatic heterocycles. The predicted octanol–water partition coefficient (Wildman–Crippen LogP) is 3.69. The molecule has 0 aliphatic heterocycles. The topological polar surface area (TPSA) is 21.3 Å². The van der Waals surface area contributed by atoms with Crippen molar-refractivity contribution >= 4 is 0 Å². The van der Waals surface area contributed by atoms with Gasteiger partial charge in [0, 0.05) is 12.6 Å². The first kappa shape index (κ1) is 13.9. The maximum atomic E-state index is 14.4. The van der Waals surface area contributed by atoms with Crippen molar-refractivity contribution in [1.29, 1.82) is 0 Å². The first-order valence-corrected chi connectivity index (χ1v) is 7.77. The van der Waals surface area contributed by atoms with Crippen LogP contribution in [0.2, 0.25) is 0 Å². The molecule has 3 rings (SSSR count). The summed E-state index contributed by atoms with van der Waals surface area (Å²) < 4.78 is 19.5. The quantitative estimate of drug-likeness (QED) is 0.856. The van der Waals surface area contributed by atoms with Crippen molar-refractivity contribution in [2.24, 2.45) is 5.41 Å². The first-order chi connectivity index (χ1) is 9.72. The molecular formula is C17H24FNO. The first-order valence-electron chi connectivity index (χ1n) is 7.77. The fourth-order valence-corrected chi connectivity index (χ4v) is 3.44. The van der Waals surface area contributed by atoms with Crippen LogP contribution >= 0.6 is 0 Å². The normalized spacial score (nSPS) is 21.1. The Bertz CT molecular complexity index is 464. The maximum Gasteiger partial charge on any atom is 0.168 e. The molecule has 2 fully saturated rings. The van der Waals surface area contributed by atoms with E-state index in [0.29, 0.717) is 5.75 Å². The van der Waals surface area contributed by atoms with Gasteiger partial charge in [-0.05, 0) is 49.1 Å². The number of methoxy groups -OCH3 is 1. The van der Waals surface area contributed by atoms with Gasteiger partial charge < -0.3 is 10.1 Å². The highest BCUT2D eigenvalue weighted by atomic mass is 19.1. The number of benzene rings is 1. The van der Waals surface area contributed by atoms with E-state index in [1.165, 1.54) is 45.6 Å². The number of ether oxygens (including phenoxy) is 1. The van der Waals surface area contributed by atoms with Crippen molar-refractivity contribution in [3.8, 4) is 5.75 Å². The third-order valence-electron chi connectivity index (χ3n) is 4.84. The molecule has 2 saturated carbocycles. The molecule has 110 valence electrons. The van der Waals surface area contributed by atoms with Gasteiger partial charge in [-0.2, -0.15) is 0 Å². The van der Waals surface area contributed by atoms with Crippen molar-refractivity contribution in [3.63, 3.8) is 0 Å². The van der Waals surface area contributed by atoms with Gasteiger partial charge in [0.1, 0.15) is 0 Å². The Morgan fingerprint density at radius 3 is 2.70 bits per heavy atom. The molecule has 0 spiro atoms. The van der Waals surface area contributed by atoms with Crippen molar-refractivity contribution in [2.45, 2.75) is 51.0 Å². The van der Waals surface area contributed by atoms with E-state index < -0.39 is 0 Å². The zero-order valence-electron chi connectivity index (χ0n) is 12.3. The van der Waals surface area contributed by atoms with Crippen molar-refractivity contribution in [2.75, 3.05) is 13.7 Å². The monoisotopic (exact) mass is 277 g/mol. The molecule has 0 unspecified atom stereocenters. The Kier molecular flexibility index (Phi) is 3.97. The van der Waals surface area contributed by atoms with Crippen molar-refractivity contribution in [1.82, 2.24) is 5.32 Å². The second-order valence-corrected chi connectivity index (χ2v) is 6.47. The molecule has 0 atom stereocenters. The lowest BCUT2D eigenvalue weighted by Gasteiger charge is -2.30. The Balaban J connectivity index is 1.75. The molecule has 3 heteroatoms. The van der Waals surface area contributed by atoms with E-state index in [-0.39, 0.29) is 11.2 Å². The van der Waals surface area contributed by atoms with E-state index in [1.54, 1.807) is 6.07 Å². The van der Waals surface area contributed by atoms with E-state index in [0.717, 1.165) is 24.6 Å². The number of hydrogen-bond acceptors (Lipinski definition) is 2. The third kappa shape index (κ3) is 2.98. The molecule has 1 N–H and O–H groups in total. The molecule has 0 amide bonds. The molecule has 2 aliphatic carbocycles. The molecule has 1 aromatic carbocycles. The minimum Gasteiger partial charge on any atom is -0.494 e. The number of rotatable bonds is 6. The van der Waals surface area contributed by atoms with E-state index in [2.05, 4.69) is 5.32 Å². The van der Waals surface area contributed by atoms with Crippen LogP contribution in [0, 0.1) is 11.2 Å². The van der Waals surface area contributed by atoms with Crippen molar-refractivity contribution < 1.29 is 9.13 Å². The average Bonchev–Trinajstić information content (AvgIpc) is 3.19. The summed E-state index contributed by atoms with van der Waals surface area (Å²) in [6.45, 7) is 1.04. The van der Waals surface area contributed by atoms with Gasteiger partial charge in [0.15, 0.2) is 11.6 Å². The zero-order chi connectivity index (χ0) is 14.0. The number of halogens is 1. The van der Waals surface area contributed by atoms with Crippen LogP contribution in [0.1, 0.15) is 44.1 Å². The molecule has 2 nitrogen and oxygen atoms in total. The molecule has 0 saturated heterocycles. The largest absolute Gasteiger partial charge is 0.494 e. The lowest BCUT2D eigenvalue weighted by molar-refractivity contribution is 0.271. The molecule has 20 heavy (non-hydrogen) atoms. The molecule has 0 radical (unpaired) electrons. The fourth-order valence-electron chi connectivity index (χ4n) is 3.44. The van der Waals surface area contributed by atoms with Gasteiger partial charge in [-0.3, -0.25) is 0 Å². The summed E-state index contributed by atoms with van der Waals surface area (Å²) >= 11 is 0. The van der Waals surface area contributed by atoms with Gasteiger partial charge in [0.25, 0.3) is 0 Å². The Morgan fingerprint density at radius 2 is 2.05 bits per heavy atom. The van der Waals surface area contributed by atoms with Gasteiger partial charge in [-0.1, -0.05) is 25.0 Å². The van der Waals surface area contributed by atoms with Gasteiger partial charge >= 0.3 is 0 Å². The molecule has 2 aliphatic rings. The van der Waals surface area contributed by atoms with E-state index >= 15 is 0 Å². The summed E-state index contributed by atoms with van der Waals surface area (Å²) in [5.74, 6) is 0.193. The zero-order valence-corrected chi connectivity index (χ0v) is 12.3. The van der Waals surface area contributed by atoms with Gasteiger partial charge in [0.05, 0.1) is 7.11 Å². The van der Waals surface area contributed by atoms with Gasteiger partial charge in [-0.15, -0.1) is 0 Å². The summed E-state index contributed by atoms with van der Waals surface area (Å²) in [5.41, 5.74) is 1.05. The van der Waals surface area contributed by atoms with Gasteiger partial charge in [-0.25, -0.2) is 4.39 Å². The van der Waals surface area contributed by atoms with Crippen LogP contribution in [-0.2, 0) is 6.42 Å². The predicted molar refractivity (Wildman–Crippen MR) is 78.6 cm³/mol. The summed E-state index contributed by atoms with van der Waals surface area (Å²) in [5, 5.41) is 3.65. The highest BCUT2D eigenvalue weighted by Gasteiger charge is 2.36. The number of hydrogen-bond donors (Lipinski definition) is 1. The average molecular weight is 277 g/mol. The maximum absolute atomic E-state index is 14.4. The lowest BCUT2D eigenvalue weighted by Crippen LogP contribution is -2.35. The van der Waals surface area contributed by atoms with Crippen LogP contribution in [0.4, 0.5) is 4.39 Å². The van der Waals surface area contributed by atoms with E-state index in [9.17, 15) is 4.39 Å². The van der Waals surface area contributed by atoms with Crippen LogP contribution in [0.5, 0.6) is 5.75 Å². The summed E-state index contributed by atoms with van der Waals surface area (Å²) in [7, 11) is 1.53. The minimum absolute atomic E-state index is 0.173.